The maximum atomic E-state index is 14.6. The van der Waals surface area contributed by atoms with Crippen molar-refractivity contribution >= 4 is 81.9 Å². The van der Waals surface area contributed by atoms with Gasteiger partial charge in [-0.15, -0.1) is 0 Å². The second-order valence-corrected chi connectivity index (χ2v) is 17.0. The topological polar surface area (TPSA) is 340 Å². The Kier molecular flexibility index (Phi) is 18.5. The quantitative estimate of drug-likeness (QED) is 0.0608. The number of rotatable bonds is 23. The molecule has 0 spiro atoms. The predicted octanol–water partition coefficient (Wildman–Crippen LogP) is -1.48. The van der Waals surface area contributed by atoms with Gasteiger partial charge in [-0.1, -0.05) is 32.0 Å². The van der Waals surface area contributed by atoms with Gasteiger partial charge in [0.1, 0.15) is 42.8 Å². The van der Waals surface area contributed by atoms with E-state index in [-0.39, 0.29) is 38.8 Å². The van der Waals surface area contributed by atoms with Crippen LogP contribution in [-0.2, 0) is 54.4 Å². The number of aromatic amines is 1. The van der Waals surface area contributed by atoms with E-state index >= 15 is 0 Å². The van der Waals surface area contributed by atoms with Gasteiger partial charge in [-0.05, 0) is 61.7 Å². The minimum absolute atomic E-state index is 0.0613. The van der Waals surface area contributed by atoms with Crippen LogP contribution in [0, 0.1) is 5.92 Å². The molecule has 0 saturated carbocycles. The van der Waals surface area contributed by atoms with Crippen LogP contribution in [0.15, 0.2) is 30.5 Å². The fourth-order valence-electron chi connectivity index (χ4n) is 7.76. The maximum absolute atomic E-state index is 14.6. The number of amides is 7. The van der Waals surface area contributed by atoms with Crippen molar-refractivity contribution < 1.29 is 63.3 Å². The number of hydrogen-bond acceptors (Lipinski definition) is 12. The number of aliphatic carboxylic acids is 3. The van der Waals surface area contributed by atoms with Crippen LogP contribution in [0.25, 0.3) is 10.9 Å². The van der Waals surface area contributed by atoms with Gasteiger partial charge in [0.15, 0.2) is 0 Å². The van der Waals surface area contributed by atoms with Crippen molar-refractivity contribution in [2.24, 2.45) is 11.7 Å². The summed E-state index contributed by atoms with van der Waals surface area (Å²) in [5, 5.41) is 40.7. The number of carbonyl (C=O) groups excluding carboxylic acids is 7. The van der Waals surface area contributed by atoms with E-state index in [1.54, 1.807) is 32.4 Å². The molecule has 7 amide bonds. The molecule has 350 valence electrons. The number of hydrogen-bond donors (Lipinski definition) is 10. The van der Waals surface area contributed by atoms with Crippen molar-refractivity contribution in [3.63, 3.8) is 0 Å². The van der Waals surface area contributed by atoms with Crippen molar-refractivity contribution in [3.05, 3.63) is 36.0 Å². The highest BCUT2D eigenvalue weighted by Crippen LogP contribution is 2.24. The summed E-state index contributed by atoms with van der Waals surface area (Å²) in [6.45, 7) is 2.75. The molecule has 0 radical (unpaired) electrons. The summed E-state index contributed by atoms with van der Waals surface area (Å²) in [7, 11) is 0. The largest absolute Gasteiger partial charge is 0.481 e. The number of fused-ring (bicyclic) bond motifs is 1. The lowest BCUT2D eigenvalue weighted by molar-refractivity contribution is -0.144. The fourth-order valence-corrected chi connectivity index (χ4v) is 8.23. The Hall–Kier alpha value is -6.23. The minimum Gasteiger partial charge on any atom is -0.481 e. The summed E-state index contributed by atoms with van der Waals surface area (Å²) in [6.07, 6.45) is 3.19. The third kappa shape index (κ3) is 13.6. The number of nitrogens with zero attached hydrogens (tertiary/aromatic N) is 2. The number of aromatic nitrogens is 1. The van der Waals surface area contributed by atoms with Crippen LogP contribution < -0.4 is 32.3 Å². The lowest BCUT2D eigenvalue weighted by Gasteiger charge is -2.32. The van der Waals surface area contributed by atoms with Gasteiger partial charge in [0, 0.05) is 36.6 Å². The van der Waals surface area contributed by atoms with E-state index in [0.717, 1.165) is 10.9 Å². The number of carbonyl (C=O) groups is 10. The second-order valence-electron chi connectivity index (χ2n) is 16.1. The van der Waals surface area contributed by atoms with Gasteiger partial charge in [0.2, 0.25) is 41.4 Å². The molecule has 11 N–H and O–H groups in total. The molecular formula is C41H57N9O13S. The smallest absolute Gasteiger partial charge is 0.322 e. The maximum Gasteiger partial charge on any atom is 0.322 e. The fraction of sp³-hybridized carbons (Fsp3) is 0.561. The van der Waals surface area contributed by atoms with Gasteiger partial charge in [0.05, 0.1) is 18.9 Å². The first-order chi connectivity index (χ1) is 30.3. The molecule has 2 fully saturated rings. The van der Waals surface area contributed by atoms with Crippen molar-refractivity contribution in [3.8, 4) is 0 Å². The lowest BCUT2D eigenvalue weighted by Crippen LogP contribution is -2.61. The molecule has 2 aromatic rings. The van der Waals surface area contributed by atoms with Crippen LogP contribution in [0.1, 0.15) is 64.4 Å². The molecule has 1 aromatic heterocycles. The second kappa shape index (κ2) is 23.5. The lowest BCUT2D eigenvalue weighted by atomic mass is 9.99. The Morgan fingerprint density at radius 1 is 0.750 bits per heavy atom. The Morgan fingerprint density at radius 3 is 1.91 bits per heavy atom. The Balaban J connectivity index is 1.56. The number of H-pyrrole nitrogens is 1. The average molecular weight is 916 g/mol. The standard InChI is InChI=1S/C41H57N9O13S/c1-21(2)34(48-38(60)30-11-7-13-49(30)40(62)26(12-15-64-3)45-35(57)24(42)17-31(51)52)39(61)47-28(16-22-19-43-25-9-5-4-8-23(22)25)41(63)50-14-6-10-29(50)37(59)46-27(18-32(53)54)36(58)44-20-33(55)56/h4-5,8-9,19,21,24,26-30,34,43H,6-7,10-18,20,42H2,1-3H3,(H,44,58)(H,45,57)(H,46,59)(H,47,61)(H,48,60)(H,51,52)(H,53,54)(H,55,56)/t24-,26-,27-,28-,29-,30-,34-/m0/s1. The molecule has 22 nitrogen and oxygen atoms in total. The van der Waals surface area contributed by atoms with Gasteiger partial charge >= 0.3 is 17.9 Å². The SMILES string of the molecule is CSCC[C@H](NC(=O)[C@@H](N)CC(=O)O)C(=O)N1CCC[C@H]1C(=O)N[C@H](C(=O)N[C@@H](Cc1c[nH]c2ccccc12)C(=O)N1CCC[C@H]1C(=O)N[C@@H](CC(=O)O)C(=O)NCC(=O)O)C(C)C. The zero-order chi connectivity index (χ0) is 47.2. The normalized spacial score (nSPS) is 18.3. The number of carboxylic acids is 3. The average Bonchev–Trinajstić information content (AvgIpc) is 4.02. The third-order valence-corrected chi connectivity index (χ3v) is 11.7. The third-order valence-electron chi connectivity index (χ3n) is 11.0. The van der Waals surface area contributed by atoms with Crippen molar-refractivity contribution in [1.29, 1.82) is 0 Å². The number of para-hydroxylation sites is 1. The first-order valence-corrected chi connectivity index (χ1v) is 22.3. The van der Waals surface area contributed by atoms with Gasteiger partial charge in [0.25, 0.3) is 0 Å². The molecule has 2 aliphatic rings. The van der Waals surface area contributed by atoms with Crippen LogP contribution in [0.3, 0.4) is 0 Å². The molecule has 1 aromatic carbocycles. The summed E-state index contributed by atoms with van der Waals surface area (Å²) < 4.78 is 0. The summed E-state index contributed by atoms with van der Waals surface area (Å²) >= 11 is 1.41. The van der Waals surface area contributed by atoms with E-state index < -0.39 is 127 Å². The van der Waals surface area contributed by atoms with E-state index in [0.29, 0.717) is 24.2 Å². The summed E-state index contributed by atoms with van der Waals surface area (Å²) in [5.74, 6) is -9.63. The molecule has 64 heavy (non-hydrogen) atoms. The van der Waals surface area contributed by atoms with Crippen LogP contribution in [-0.4, -0.2) is 163 Å². The van der Waals surface area contributed by atoms with Gasteiger partial charge < -0.3 is 62.4 Å². The molecule has 4 rings (SSSR count). The van der Waals surface area contributed by atoms with E-state index in [2.05, 4.69) is 26.3 Å². The van der Waals surface area contributed by atoms with Crippen LogP contribution in [0.4, 0.5) is 0 Å². The zero-order valence-corrected chi connectivity index (χ0v) is 36.6. The number of benzene rings is 1. The van der Waals surface area contributed by atoms with Crippen LogP contribution in [0.2, 0.25) is 0 Å². The van der Waals surface area contributed by atoms with E-state index in [1.807, 2.05) is 23.5 Å². The van der Waals surface area contributed by atoms with Crippen molar-refractivity contribution in [1.82, 2.24) is 41.4 Å². The van der Waals surface area contributed by atoms with Crippen LogP contribution in [0.5, 0.6) is 0 Å². The summed E-state index contributed by atoms with van der Waals surface area (Å²) in [5.41, 5.74) is 7.14. The highest BCUT2D eigenvalue weighted by atomic mass is 32.2. The number of thioether (sulfide) groups is 1. The summed E-state index contributed by atoms with van der Waals surface area (Å²) in [4.78, 5) is 135. The van der Waals surface area contributed by atoms with Gasteiger partial charge in [-0.2, -0.15) is 11.8 Å². The Morgan fingerprint density at radius 2 is 1.33 bits per heavy atom. The molecular weight excluding hydrogens is 859 g/mol. The first-order valence-electron chi connectivity index (χ1n) is 20.9. The van der Waals surface area contributed by atoms with Crippen molar-refractivity contribution in [2.45, 2.75) is 108 Å². The molecule has 0 unspecified atom stereocenters. The van der Waals surface area contributed by atoms with E-state index in [9.17, 15) is 53.1 Å². The highest BCUT2D eigenvalue weighted by Gasteiger charge is 2.42. The molecule has 2 aliphatic heterocycles. The minimum atomic E-state index is -1.66. The zero-order valence-electron chi connectivity index (χ0n) is 35.8. The Bertz CT molecular complexity index is 2080. The first kappa shape index (κ1) is 50.4. The number of nitrogens with two attached hydrogens (primary N) is 1. The molecule has 0 bridgehead atoms. The highest BCUT2D eigenvalue weighted by molar-refractivity contribution is 7.98. The van der Waals surface area contributed by atoms with Crippen LogP contribution >= 0.6 is 11.8 Å². The summed E-state index contributed by atoms with van der Waals surface area (Å²) in [6, 6.07) is -1.70. The number of nitrogens with one attached hydrogen (secondary N) is 6. The monoisotopic (exact) mass is 915 g/mol. The molecule has 2 saturated heterocycles. The van der Waals surface area contributed by atoms with E-state index in [4.69, 9.17) is 15.9 Å². The molecule has 23 heteroatoms. The molecule has 3 heterocycles. The predicted molar refractivity (Wildman–Crippen MR) is 230 cm³/mol. The molecule has 7 atom stereocenters. The van der Waals surface area contributed by atoms with Crippen molar-refractivity contribution in [2.75, 3.05) is 31.6 Å². The molecule has 0 aliphatic carbocycles. The van der Waals surface area contributed by atoms with Gasteiger partial charge in [-0.3, -0.25) is 47.9 Å². The number of likely N-dealkylation sites (tertiary alicyclic amines) is 2. The van der Waals surface area contributed by atoms with E-state index in [1.165, 1.54) is 21.6 Å². The Labute approximate surface area is 372 Å². The van der Waals surface area contributed by atoms with Gasteiger partial charge in [-0.25, -0.2) is 0 Å². The number of carboxylic acid groups (broad SMARTS) is 3.